The van der Waals surface area contributed by atoms with Crippen molar-refractivity contribution >= 4 is 28.7 Å². The number of nitrogens with one attached hydrogen (secondary N) is 1. The molecule has 0 aliphatic carbocycles. The van der Waals surface area contributed by atoms with Crippen LogP contribution in [0.2, 0.25) is 0 Å². The molecule has 4 aromatic rings. The maximum absolute atomic E-state index is 12.9. The lowest BCUT2D eigenvalue weighted by atomic mass is 10.2. The van der Waals surface area contributed by atoms with Crippen molar-refractivity contribution in [2.45, 2.75) is 0 Å². The Bertz CT molecular complexity index is 1010. The molecule has 0 aliphatic rings. The highest BCUT2D eigenvalue weighted by molar-refractivity contribution is 5.84. The molecule has 0 unspecified atom stereocenters. The summed E-state index contributed by atoms with van der Waals surface area (Å²) < 4.78 is 14.7. The molecular weight excluding hydrogens is 295 g/mol. The molecule has 0 spiro atoms. The third kappa shape index (κ3) is 2.48. The molecule has 4 rings (SSSR count). The van der Waals surface area contributed by atoms with E-state index in [2.05, 4.69) is 25.7 Å². The van der Waals surface area contributed by atoms with E-state index in [9.17, 15) is 4.39 Å². The molecule has 0 saturated carbocycles. The Balaban J connectivity index is 1.70. The number of nitrogens with zero attached hydrogens (tertiary/aromatic N) is 5. The van der Waals surface area contributed by atoms with Crippen LogP contribution in [0.5, 0.6) is 0 Å². The largest absolute Gasteiger partial charge is 0.277 e. The fourth-order valence-corrected chi connectivity index (χ4v) is 2.30. The van der Waals surface area contributed by atoms with Crippen molar-refractivity contribution < 1.29 is 4.39 Å². The van der Waals surface area contributed by atoms with E-state index in [4.69, 9.17) is 0 Å². The maximum Gasteiger partial charge on any atom is 0.205 e. The standard InChI is InChI=1S/C16H11FN6/c17-12-7-5-11(6-8-12)9-18-21-15-16-22-19-10-23(16)14-4-2-1-3-13(14)20-15/h1-10H,(H,20,21)/b18-9+. The SMILES string of the molecule is Fc1ccc(/C=N/Nc2nc3ccccc3n3cnnc23)cc1. The summed E-state index contributed by atoms with van der Waals surface area (Å²) in [7, 11) is 0. The molecule has 0 bridgehead atoms. The molecule has 6 nitrogen and oxygen atoms in total. The van der Waals surface area contributed by atoms with Crippen LogP contribution in [0.4, 0.5) is 10.2 Å². The van der Waals surface area contributed by atoms with Gasteiger partial charge < -0.3 is 0 Å². The number of halogens is 1. The number of hydrogen-bond donors (Lipinski definition) is 1. The van der Waals surface area contributed by atoms with Gasteiger partial charge in [0.05, 0.1) is 17.2 Å². The second kappa shape index (κ2) is 5.45. The van der Waals surface area contributed by atoms with Crippen molar-refractivity contribution in [3.63, 3.8) is 0 Å². The Morgan fingerprint density at radius 3 is 2.78 bits per heavy atom. The minimum absolute atomic E-state index is 0.281. The molecule has 23 heavy (non-hydrogen) atoms. The van der Waals surface area contributed by atoms with Crippen LogP contribution >= 0.6 is 0 Å². The summed E-state index contributed by atoms with van der Waals surface area (Å²) in [6.45, 7) is 0. The highest BCUT2D eigenvalue weighted by Gasteiger charge is 2.08. The minimum atomic E-state index is -0.281. The van der Waals surface area contributed by atoms with Gasteiger partial charge in [-0.3, -0.25) is 9.83 Å². The van der Waals surface area contributed by atoms with Crippen LogP contribution in [0.15, 0.2) is 60.0 Å². The van der Waals surface area contributed by atoms with Crippen molar-refractivity contribution in [3.05, 3.63) is 66.2 Å². The van der Waals surface area contributed by atoms with Crippen molar-refractivity contribution in [2.24, 2.45) is 5.10 Å². The first kappa shape index (κ1) is 13.3. The maximum atomic E-state index is 12.9. The molecular formula is C16H11FN6. The number of hydrazone groups is 1. The van der Waals surface area contributed by atoms with Crippen LogP contribution in [0.3, 0.4) is 0 Å². The lowest BCUT2D eigenvalue weighted by Crippen LogP contribution is -1.99. The number of anilines is 1. The van der Waals surface area contributed by atoms with Crippen LogP contribution in [-0.2, 0) is 0 Å². The van der Waals surface area contributed by atoms with Gasteiger partial charge in [0, 0.05) is 0 Å². The number of fused-ring (bicyclic) bond motifs is 3. The number of rotatable bonds is 3. The van der Waals surface area contributed by atoms with Crippen LogP contribution in [0.1, 0.15) is 5.56 Å². The molecule has 0 atom stereocenters. The van der Waals surface area contributed by atoms with Crippen molar-refractivity contribution in [2.75, 3.05) is 5.43 Å². The molecule has 2 aromatic carbocycles. The lowest BCUT2D eigenvalue weighted by molar-refractivity contribution is 0.628. The topological polar surface area (TPSA) is 67.5 Å². The van der Waals surface area contributed by atoms with E-state index >= 15 is 0 Å². The summed E-state index contributed by atoms with van der Waals surface area (Å²) in [4.78, 5) is 4.51. The summed E-state index contributed by atoms with van der Waals surface area (Å²) >= 11 is 0. The predicted molar refractivity (Wildman–Crippen MR) is 85.9 cm³/mol. The predicted octanol–water partition coefficient (Wildman–Crippen LogP) is 2.86. The van der Waals surface area contributed by atoms with Crippen LogP contribution < -0.4 is 5.43 Å². The normalized spacial score (nSPS) is 11.5. The average Bonchev–Trinajstić information content (AvgIpc) is 3.07. The lowest BCUT2D eigenvalue weighted by Gasteiger charge is -2.05. The third-order valence-corrected chi connectivity index (χ3v) is 3.39. The highest BCUT2D eigenvalue weighted by atomic mass is 19.1. The average molecular weight is 306 g/mol. The van der Waals surface area contributed by atoms with Gasteiger partial charge in [-0.2, -0.15) is 5.10 Å². The summed E-state index contributed by atoms with van der Waals surface area (Å²) in [6.07, 6.45) is 3.22. The molecule has 0 saturated heterocycles. The monoisotopic (exact) mass is 306 g/mol. The van der Waals surface area contributed by atoms with Crippen LogP contribution in [-0.4, -0.2) is 25.8 Å². The molecule has 7 heteroatoms. The molecule has 2 aromatic heterocycles. The van der Waals surface area contributed by atoms with Crippen LogP contribution in [0.25, 0.3) is 16.7 Å². The Labute approximate surface area is 130 Å². The first-order chi connectivity index (χ1) is 11.3. The van der Waals surface area contributed by atoms with Gasteiger partial charge in [-0.1, -0.05) is 24.3 Å². The van der Waals surface area contributed by atoms with Gasteiger partial charge in [0.1, 0.15) is 12.1 Å². The summed E-state index contributed by atoms with van der Waals surface area (Å²) in [5.74, 6) is 0.219. The zero-order valence-corrected chi connectivity index (χ0v) is 11.9. The van der Waals surface area contributed by atoms with E-state index in [1.54, 1.807) is 24.7 Å². The first-order valence-electron chi connectivity index (χ1n) is 6.94. The van der Waals surface area contributed by atoms with Gasteiger partial charge in [0.2, 0.25) is 5.65 Å². The number of hydrogen-bond acceptors (Lipinski definition) is 5. The zero-order valence-electron chi connectivity index (χ0n) is 11.9. The number of para-hydroxylation sites is 2. The first-order valence-corrected chi connectivity index (χ1v) is 6.94. The van der Waals surface area contributed by atoms with Gasteiger partial charge in [-0.05, 0) is 29.8 Å². The van der Waals surface area contributed by atoms with Crippen LogP contribution in [0, 0.1) is 5.82 Å². The van der Waals surface area contributed by atoms with E-state index in [1.165, 1.54) is 12.1 Å². The van der Waals surface area contributed by atoms with Gasteiger partial charge in [-0.15, -0.1) is 10.2 Å². The fraction of sp³-hybridized carbons (Fsp3) is 0. The second-order valence-electron chi connectivity index (χ2n) is 4.90. The molecule has 0 radical (unpaired) electrons. The summed E-state index contributed by atoms with van der Waals surface area (Å²) in [5, 5.41) is 12.1. The molecule has 112 valence electrons. The van der Waals surface area contributed by atoms with Crippen molar-refractivity contribution in [1.82, 2.24) is 19.6 Å². The fourth-order valence-electron chi connectivity index (χ4n) is 2.30. The third-order valence-electron chi connectivity index (χ3n) is 3.39. The van der Waals surface area contributed by atoms with E-state index in [0.717, 1.165) is 16.6 Å². The highest BCUT2D eigenvalue weighted by Crippen LogP contribution is 2.19. The number of benzene rings is 2. The Morgan fingerprint density at radius 1 is 1.09 bits per heavy atom. The Morgan fingerprint density at radius 2 is 1.91 bits per heavy atom. The van der Waals surface area contributed by atoms with Crippen molar-refractivity contribution in [3.8, 4) is 0 Å². The quantitative estimate of drug-likeness (QED) is 0.467. The zero-order chi connectivity index (χ0) is 15.6. The number of aromatic nitrogens is 4. The summed E-state index contributed by atoms with van der Waals surface area (Å²) in [6, 6.07) is 13.7. The molecule has 0 fully saturated rings. The van der Waals surface area contributed by atoms with Crippen molar-refractivity contribution in [1.29, 1.82) is 0 Å². The molecule has 0 aliphatic heterocycles. The second-order valence-corrected chi connectivity index (χ2v) is 4.90. The van der Waals surface area contributed by atoms with E-state index < -0.39 is 0 Å². The summed E-state index contributed by atoms with van der Waals surface area (Å²) in [5.41, 5.74) is 5.95. The molecule has 2 heterocycles. The minimum Gasteiger partial charge on any atom is -0.277 e. The van der Waals surface area contributed by atoms with Gasteiger partial charge >= 0.3 is 0 Å². The van der Waals surface area contributed by atoms with Gasteiger partial charge in [-0.25, -0.2) is 9.37 Å². The van der Waals surface area contributed by atoms with E-state index in [0.29, 0.717) is 11.5 Å². The molecule has 0 amide bonds. The van der Waals surface area contributed by atoms with E-state index in [1.807, 2.05) is 28.7 Å². The van der Waals surface area contributed by atoms with E-state index in [-0.39, 0.29) is 5.82 Å². The smallest absolute Gasteiger partial charge is 0.205 e. The Hall–Kier alpha value is -3.35. The molecule has 1 N–H and O–H groups in total. The van der Waals surface area contributed by atoms with Gasteiger partial charge in [0.25, 0.3) is 0 Å². The Kier molecular flexibility index (Phi) is 3.16. The van der Waals surface area contributed by atoms with Gasteiger partial charge in [0.15, 0.2) is 5.82 Å².